The summed E-state index contributed by atoms with van der Waals surface area (Å²) in [7, 11) is 1.36. The normalized spacial score (nSPS) is 12.7. The molecule has 2 amide bonds. The standard InChI is InChI=1S/C37H38BrN3O4.C2HF3O2/c1-45-37(44)30-14-10-28(11-15-30)25-41(35(42)23-27-12-16-34(38)17-13-27)26-29-6-4-7-31(22-29)32-8-5-9-33(24-32)36(43)39-18-21-40-19-2-3-20-40;3-2(4,5)1(6)7/h4-17,22,24H,2-3,18-21,23,25-26H2,1H3,(H,39,43);(H,6,7). The van der Waals surface area contributed by atoms with Gasteiger partial charge in [0.1, 0.15) is 0 Å². The number of hydrogen-bond acceptors (Lipinski definition) is 6. The molecule has 13 heteroatoms. The average molecular weight is 783 g/mol. The van der Waals surface area contributed by atoms with Crippen LogP contribution in [0.15, 0.2) is 102 Å². The highest BCUT2D eigenvalue weighted by molar-refractivity contribution is 9.10. The number of hydrogen-bond donors (Lipinski definition) is 2. The van der Waals surface area contributed by atoms with E-state index < -0.39 is 18.1 Å². The number of methoxy groups -OCH3 is 1. The molecule has 1 fully saturated rings. The van der Waals surface area contributed by atoms with E-state index in [0.29, 0.717) is 30.8 Å². The van der Waals surface area contributed by atoms with Crippen LogP contribution in [-0.2, 0) is 33.8 Å². The van der Waals surface area contributed by atoms with Crippen LogP contribution < -0.4 is 5.32 Å². The van der Waals surface area contributed by atoms with E-state index in [4.69, 9.17) is 14.6 Å². The number of amides is 2. The molecule has 274 valence electrons. The second-order valence-corrected chi connectivity index (χ2v) is 13.0. The van der Waals surface area contributed by atoms with Crippen molar-refractivity contribution in [3.05, 3.63) is 129 Å². The third-order valence-electron chi connectivity index (χ3n) is 8.28. The van der Waals surface area contributed by atoms with Gasteiger partial charge in [-0.05, 0) is 96.2 Å². The van der Waals surface area contributed by atoms with Crippen molar-refractivity contribution < 1.29 is 42.2 Å². The summed E-state index contributed by atoms with van der Waals surface area (Å²) in [5, 5.41) is 10.2. The molecule has 0 unspecified atom stereocenters. The van der Waals surface area contributed by atoms with Gasteiger partial charge in [0.05, 0.1) is 19.1 Å². The molecule has 1 heterocycles. The Kier molecular flexibility index (Phi) is 14.5. The number of likely N-dealkylation sites (tertiary alicyclic amines) is 1. The molecule has 52 heavy (non-hydrogen) atoms. The van der Waals surface area contributed by atoms with Crippen LogP contribution in [-0.4, -0.2) is 78.1 Å². The number of ether oxygens (including phenoxy) is 1. The first-order valence-electron chi connectivity index (χ1n) is 16.5. The van der Waals surface area contributed by atoms with E-state index in [1.165, 1.54) is 20.0 Å². The lowest BCUT2D eigenvalue weighted by Gasteiger charge is -2.24. The molecule has 0 spiro atoms. The van der Waals surface area contributed by atoms with Crippen LogP contribution in [0.25, 0.3) is 11.1 Å². The molecule has 9 nitrogen and oxygen atoms in total. The molecular formula is C39H39BrF3N3O6. The van der Waals surface area contributed by atoms with Gasteiger partial charge in [-0.1, -0.05) is 70.5 Å². The van der Waals surface area contributed by atoms with Gasteiger partial charge in [-0.3, -0.25) is 9.59 Å². The van der Waals surface area contributed by atoms with Crippen LogP contribution in [0.1, 0.15) is 50.2 Å². The fraction of sp³-hybridized carbons (Fsp3) is 0.282. The van der Waals surface area contributed by atoms with Gasteiger partial charge in [0.25, 0.3) is 5.91 Å². The zero-order valence-corrected chi connectivity index (χ0v) is 30.1. The minimum absolute atomic E-state index is 0.00707. The summed E-state index contributed by atoms with van der Waals surface area (Å²) in [6.45, 7) is 4.51. The number of carbonyl (C=O) groups is 4. The molecule has 0 saturated carbocycles. The molecule has 4 aromatic rings. The lowest BCUT2D eigenvalue weighted by atomic mass is 10.0. The molecule has 1 saturated heterocycles. The number of nitrogens with zero attached hydrogens (tertiary/aromatic N) is 2. The number of carbonyl (C=O) groups excluding carboxylic acids is 3. The third-order valence-corrected chi connectivity index (χ3v) is 8.81. The molecule has 5 rings (SSSR count). The predicted molar refractivity (Wildman–Crippen MR) is 193 cm³/mol. The SMILES string of the molecule is COC(=O)c1ccc(CN(Cc2cccc(-c3cccc(C(=O)NCCN4CCCC4)c3)c2)C(=O)Cc2ccc(Br)cc2)cc1.O=C(O)C(F)(F)F. The number of rotatable bonds is 12. The highest BCUT2D eigenvalue weighted by Crippen LogP contribution is 2.24. The smallest absolute Gasteiger partial charge is 0.475 e. The van der Waals surface area contributed by atoms with Gasteiger partial charge in [0.2, 0.25) is 5.91 Å². The molecule has 1 aliphatic rings. The van der Waals surface area contributed by atoms with E-state index in [1.807, 2.05) is 83.8 Å². The largest absolute Gasteiger partial charge is 0.490 e. The Hall–Kier alpha value is -5.01. The van der Waals surface area contributed by atoms with E-state index in [-0.39, 0.29) is 18.2 Å². The Morgan fingerprint density at radius 3 is 2.00 bits per heavy atom. The number of nitrogens with one attached hydrogen (secondary N) is 1. The second-order valence-electron chi connectivity index (χ2n) is 12.1. The highest BCUT2D eigenvalue weighted by Gasteiger charge is 2.38. The summed E-state index contributed by atoms with van der Waals surface area (Å²) in [4.78, 5) is 51.6. The van der Waals surface area contributed by atoms with Gasteiger partial charge in [0.15, 0.2) is 0 Å². The lowest BCUT2D eigenvalue weighted by molar-refractivity contribution is -0.192. The van der Waals surface area contributed by atoms with Gasteiger partial charge in [0, 0.05) is 36.2 Å². The molecule has 2 N–H and O–H groups in total. The van der Waals surface area contributed by atoms with E-state index in [1.54, 1.807) is 12.1 Å². The van der Waals surface area contributed by atoms with E-state index >= 15 is 0 Å². The average Bonchev–Trinajstić information content (AvgIpc) is 3.66. The maximum absolute atomic E-state index is 13.7. The summed E-state index contributed by atoms with van der Waals surface area (Å²) in [5.74, 6) is -3.24. The summed E-state index contributed by atoms with van der Waals surface area (Å²) in [5.41, 5.74) is 5.82. The molecular weight excluding hydrogens is 743 g/mol. The number of esters is 1. The zero-order valence-electron chi connectivity index (χ0n) is 28.5. The minimum Gasteiger partial charge on any atom is -0.475 e. The van der Waals surface area contributed by atoms with Gasteiger partial charge in [-0.25, -0.2) is 9.59 Å². The van der Waals surface area contributed by atoms with Crippen molar-refractivity contribution in [1.82, 2.24) is 15.1 Å². The number of benzene rings is 4. The number of carboxylic acids is 1. The Bertz CT molecular complexity index is 1830. The summed E-state index contributed by atoms with van der Waals surface area (Å²) < 4.78 is 37.5. The number of halogens is 4. The number of alkyl halides is 3. The van der Waals surface area contributed by atoms with Crippen LogP contribution in [0.5, 0.6) is 0 Å². The van der Waals surface area contributed by atoms with E-state index in [9.17, 15) is 27.6 Å². The summed E-state index contributed by atoms with van der Waals surface area (Å²) in [6.07, 6.45) is -2.35. The monoisotopic (exact) mass is 781 g/mol. The molecule has 0 bridgehead atoms. The van der Waals surface area contributed by atoms with Crippen LogP contribution in [0.3, 0.4) is 0 Å². The first-order valence-corrected chi connectivity index (χ1v) is 17.3. The number of aliphatic carboxylic acids is 1. The first-order chi connectivity index (χ1) is 24.8. The Balaban J connectivity index is 0.000000785. The predicted octanol–water partition coefficient (Wildman–Crippen LogP) is 7.13. The van der Waals surface area contributed by atoms with Gasteiger partial charge in [-0.2, -0.15) is 13.2 Å². The molecule has 0 atom stereocenters. The van der Waals surface area contributed by atoms with Crippen molar-refractivity contribution in [1.29, 1.82) is 0 Å². The van der Waals surface area contributed by atoms with Crippen LogP contribution in [0, 0.1) is 0 Å². The van der Waals surface area contributed by atoms with Crippen LogP contribution >= 0.6 is 15.9 Å². The highest BCUT2D eigenvalue weighted by atomic mass is 79.9. The molecule has 4 aromatic carbocycles. The second kappa shape index (κ2) is 19.0. The fourth-order valence-corrected chi connectivity index (χ4v) is 5.82. The van der Waals surface area contributed by atoms with Crippen molar-refractivity contribution in [2.75, 3.05) is 33.3 Å². The zero-order chi connectivity index (χ0) is 37.7. The quantitative estimate of drug-likeness (QED) is 0.147. The van der Waals surface area contributed by atoms with Crippen LogP contribution in [0.4, 0.5) is 13.2 Å². The van der Waals surface area contributed by atoms with Gasteiger partial charge >= 0.3 is 18.1 Å². The minimum atomic E-state index is -5.08. The lowest BCUT2D eigenvalue weighted by Crippen LogP contribution is -2.33. The third kappa shape index (κ3) is 12.3. The topological polar surface area (TPSA) is 116 Å². The van der Waals surface area contributed by atoms with Crippen molar-refractivity contribution in [3.8, 4) is 11.1 Å². The maximum Gasteiger partial charge on any atom is 0.490 e. The Labute approximate surface area is 308 Å². The van der Waals surface area contributed by atoms with Crippen molar-refractivity contribution in [2.24, 2.45) is 0 Å². The first kappa shape index (κ1) is 39.8. The fourth-order valence-electron chi connectivity index (χ4n) is 5.55. The molecule has 0 aromatic heterocycles. The van der Waals surface area contributed by atoms with Crippen molar-refractivity contribution in [3.63, 3.8) is 0 Å². The van der Waals surface area contributed by atoms with Gasteiger partial charge < -0.3 is 25.0 Å². The molecule has 0 aliphatic carbocycles. The van der Waals surface area contributed by atoms with E-state index in [2.05, 4.69) is 32.2 Å². The summed E-state index contributed by atoms with van der Waals surface area (Å²) in [6, 6.07) is 30.7. The van der Waals surface area contributed by atoms with E-state index in [0.717, 1.165) is 51.9 Å². The molecule has 0 radical (unpaired) electrons. The molecule has 1 aliphatic heterocycles. The summed E-state index contributed by atoms with van der Waals surface area (Å²) >= 11 is 3.46. The number of carboxylic acid groups (broad SMARTS) is 1. The van der Waals surface area contributed by atoms with Gasteiger partial charge in [-0.15, -0.1) is 0 Å². The van der Waals surface area contributed by atoms with Crippen LogP contribution in [0.2, 0.25) is 0 Å². The maximum atomic E-state index is 13.7. The van der Waals surface area contributed by atoms with Crippen molar-refractivity contribution >= 4 is 39.7 Å². The van der Waals surface area contributed by atoms with Crippen molar-refractivity contribution in [2.45, 2.75) is 38.5 Å². The Morgan fingerprint density at radius 2 is 1.38 bits per heavy atom. The Morgan fingerprint density at radius 1 is 0.808 bits per heavy atom.